The molecule has 0 N–H and O–H groups in total. The van der Waals surface area contributed by atoms with Gasteiger partial charge in [-0.25, -0.2) is 4.98 Å². The fourth-order valence-corrected chi connectivity index (χ4v) is 4.59. The zero-order chi connectivity index (χ0) is 21.5. The topological polar surface area (TPSA) is 38.1 Å². The lowest BCUT2D eigenvalue weighted by Crippen LogP contribution is -2.25. The first-order valence-corrected chi connectivity index (χ1v) is 10.9. The molecule has 5 heteroatoms. The van der Waals surface area contributed by atoms with Gasteiger partial charge in [0.25, 0.3) is 0 Å². The molecule has 0 bridgehead atoms. The second-order valence-corrected chi connectivity index (χ2v) is 8.80. The van der Waals surface area contributed by atoms with Crippen molar-refractivity contribution in [1.82, 2.24) is 9.55 Å². The predicted octanol–water partition coefficient (Wildman–Crippen LogP) is 5.88. The summed E-state index contributed by atoms with van der Waals surface area (Å²) >= 11 is 6.08. The summed E-state index contributed by atoms with van der Waals surface area (Å²) in [6, 6.07) is 22.4. The van der Waals surface area contributed by atoms with Crippen LogP contribution in [0.5, 0.6) is 0 Å². The van der Waals surface area contributed by atoms with Gasteiger partial charge in [0.1, 0.15) is 5.82 Å². The summed E-state index contributed by atoms with van der Waals surface area (Å²) in [6.07, 6.45) is 0.470. The molecule has 1 aromatic heterocycles. The fourth-order valence-electron chi connectivity index (χ4n) is 4.47. The van der Waals surface area contributed by atoms with Gasteiger partial charge >= 0.3 is 0 Å². The van der Waals surface area contributed by atoms with Crippen molar-refractivity contribution >= 4 is 34.2 Å². The molecule has 0 radical (unpaired) electrons. The van der Waals surface area contributed by atoms with Gasteiger partial charge < -0.3 is 9.47 Å². The molecule has 0 aliphatic carbocycles. The van der Waals surface area contributed by atoms with Crippen molar-refractivity contribution in [3.8, 4) is 0 Å². The van der Waals surface area contributed by atoms with Crippen molar-refractivity contribution in [2.24, 2.45) is 0 Å². The number of nitrogens with zero attached hydrogens (tertiary/aromatic N) is 3. The van der Waals surface area contributed by atoms with Crippen LogP contribution < -0.4 is 4.90 Å². The van der Waals surface area contributed by atoms with Gasteiger partial charge in [-0.3, -0.25) is 4.79 Å². The Labute approximate surface area is 187 Å². The number of anilines is 1. The van der Waals surface area contributed by atoms with Gasteiger partial charge in [0.05, 0.1) is 11.0 Å². The molecule has 0 spiro atoms. The Kier molecular flexibility index (Phi) is 5.03. The second kappa shape index (κ2) is 7.86. The summed E-state index contributed by atoms with van der Waals surface area (Å²) < 4.78 is 2.25. The van der Waals surface area contributed by atoms with Crippen molar-refractivity contribution in [2.45, 2.75) is 32.7 Å². The van der Waals surface area contributed by atoms with E-state index in [1.54, 1.807) is 0 Å². The highest BCUT2D eigenvalue weighted by molar-refractivity contribution is 6.30. The first kappa shape index (κ1) is 19.8. The normalized spacial score (nSPS) is 16.4. The lowest BCUT2D eigenvalue weighted by Gasteiger charge is -2.20. The predicted molar refractivity (Wildman–Crippen MR) is 126 cm³/mol. The van der Waals surface area contributed by atoms with E-state index in [4.69, 9.17) is 16.6 Å². The zero-order valence-corrected chi connectivity index (χ0v) is 18.4. The lowest BCUT2D eigenvalue weighted by atomic mass is 10.1. The number of halogens is 1. The molecule has 5 rings (SSSR count). The Bertz CT molecular complexity index is 1280. The number of aryl methyl sites for hydroxylation is 2. The Morgan fingerprint density at radius 1 is 1.03 bits per heavy atom. The number of rotatable bonds is 4. The fraction of sp³-hybridized carbons (Fsp3) is 0.231. The van der Waals surface area contributed by atoms with Crippen LogP contribution in [0.25, 0.3) is 11.0 Å². The zero-order valence-electron chi connectivity index (χ0n) is 17.7. The SMILES string of the molecule is Cc1ccc(C)c(N2CC(c3nc4ccccc4n3Cc3ccc(Cl)cc3)CC2=O)c1. The minimum absolute atomic E-state index is 0.0483. The minimum atomic E-state index is 0.0483. The summed E-state index contributed by atoms with van der Waals surface area (Å²) in [4.78, 5) is 19.9. The van der Waals surface area contributed by atoms with Crippen LogP contribution in [0.15, 0.2) is 66.7 Å². The summed E-state index contributed by atoms with van der Waals surface area (Å²) in [5.74, 6) is 1.17. The van der Waals surface area contributed by atoms with Crippen molar-refractivity contribution in [3.63, 3.8) is 0 Å². The summed E-state index contributed by atoms with van der Waals surface area (Å²) in [7, 11) is 0. The van der Waals surface area contributed by atoms with E-state index in [2.05, 4.69) is 42.7 Å². The molecule has 1 unspecified atom stereocenters. The largest absolute Gasteiger partial charge is 0.323 e. The Balaban J connectivity index is 1.53. The molecular formula is C26H24ClN3O. The highest BCUT2D eigenvalue weighted by Gasteiger charge is 2.35. The molecule has 1 aliphatic rings. The molecule has 1 amide bonds. The number of hydrogen-bond acceptors (Lipinski definition) is 2. The molecule has 3 aromatic carbocycles. The number of aromatic nitrogens is 2. The molecule has 1 fully saturated rings. The average Bonchev–Trinajstić information content (AvgIpc) is 3.32. The number of hydrogen-bond donors (Lipinski definition) is 0. The van der Waals surface area contributed by atoms with Gasteiger partial charge in [-0.2, -0.15) is 0 Å². The van der Waals surface area contributed by atoms with Crippen molar-refractivity contribution in [3.05, 3.63) is 94.3 Å². The maximum absolute atomic E-state index is 13.0. The molecule has 156 valence electrons. The third-order valence-corrected chi connectivity index (χ3v) is 6.34. The first-order chi connectivity index (χ1) is 15.0. The first-order valence-electron chi connectivity index (χ1n) is 10.6. The number of fused-ring (bicyclic) bond motifs is 1. The molecular weight excluding hydrogens is 406 g/mol. The smallest absolute Gasteiger partial charge is 0.227 e. The third kappa shape index (κ3) is 3.72. The molecule has 1 aliphatic heterocycles. The number of benzene rings is 3. The molecule has 0 saturated carbocycles. The van der Waals surface area contributed by atoms with Crippen LogP contribution in [-0.2, 0) is 11.3 Å². The summed E-state index contributed by atoms with van der Waals surface area (Å²) in [6.45, 7) is 5.46. The van der Waals surface area contributed by atoms with E-state index in [9.17, 15) is 4.79 Å². The molecule has 1 saturated heterocycles. The van der Waals surface area contributed by atoms with Crippen LogP contribution >= 0.6 is 11.6 Å². The van der Waals surface area contributed by atoms with Gasteiger partial charge in [-0.05, 0) is 60.9 Å². The average molecular weight is 430 g/mol. The number of imidazole rings is 1. The standard InChI is InChI=1S/C26H24ClN3O/c1-17-7-8-18(2)24(13-17)29-16-20(14-25(29)31)26-28-22-5-3-4-6-23(22)30(26)15-19-9-11-21(27)12-10-19/h3-13,20H,14-16H2,1-2H3. The van der Waals surface area contributed by atoms with Gasteiger partial charge in [0.2, 0.25) is 5.91 Å². The maximum Gasteiger partial charge on any atom is 0.227 e. The van der Waals surface area contributed by atoms with Gasteiger partial charge in [-0.1, -0.05) is 48.0 Å². The Hall–Kier alpha value is -3.11. The van der Waals surface area contributed by atoms with Crippen molar-refractivity contribution < 1.29 is 4.79 Å². The van der Waals surface area contributed by atoms with Gasteiger partial charge in [0, 0.05) is 36.1 Å². The second-order valence-electron chi connectivity index (χ2n) is 8.37. The number of carbonyl (C=O) groups is 1. The quantitative estimate of drug-likeness (QED) is 0.406. The highest BCUT2D eigenvalue weighted by atomic mass is 35.5. The molecule has 1 atom stereocenters. The van der Waals surface area contributed by atoms with E-state index in [1.807, 2.05) is 47.4 Å². The third-order valence-electron chi connectivity index (χ3n) is 6.08. The number of carbonyl (C=O) groups excluding carboxylic acids is 1. The molecule has 2 heterocycles. The summed E-state index contributed by atoms with van der Waals surface area (Å²) in [5.41, 5.74) is 6.49. The van der Waals surface area contributed by atoms with Gasteiger partial charge in [0.15, 0.2) is 0 Å². The van der Waals surface area contributed by atoms with E-state index in [-0.39, 0.29) is 11.8 Å². The van der Waals surface area contributed by atoms with E-state index in [1.165, 1.54) is 0 Å². The van der Waals surface area contributed by atoms with Crippen LogP contribution in [0.1, 0.15) is 34.9 Å². The maximum atomic E-state index is 13.0. The van der Waals surface area contributed by atoms with Crippen molar-refractivity contribution in [2.75, 3.05) is 11.4 Å². The highest BCUT2D eigenvalue weighted by Crippen LogP contribution is 2.35. The van der Waals surface area contributed by atoms with Crippen LogP contribution in [0.3, 0.4) is 0 Å². The summed E-state index contributed by atoms with van der Waals surface area (Å²) in [5, 5.41) is 0.727. The Morgan fingerprint density at radius 3 is 2.61 bits per heavy atom. The van der Waals surface area contributed by atoms with Crippen LogP contribution in [0, 0.1) is 13.8 Å². The lowest BCUT2D eigenvalue weighted by molar-refractivity contribution is -0.117. The van der Waals surface area contributed by atoms with E-state index in [0.717, 1.165) is 44.3 Å². The number of para-hydroxylation sites is 2. The minimum Gasteiger partial charge on any atom is -0.323 e. The van der Waals surface area contributed by atoms with E-state index < -0.39 is 0 Å². The Morgan fingerprint density at radius 2 is 1.81 bits per heavy atom. The van der Waals surface area contributed by atoms with E-state index >= 15 is 0 Å². The van der Waals surface area contributed by atoms with Crippen molar-refractivity contribution in [1.29, 1.82) is 0 Å². The monoisotopic (exact) mass is 429 g/mol. The molecule has 31 heavy (non-hydrogen) atoms. The molecule has 4 aromatic rings. The van der Waals surface area contributed by atoms with Crippen LogP contribution in [0.4, 0.5) is 5.69 Å². The van der Waals surface area contributed by atoms with Crippen LogP contribution in [0.2, 0.25) is 5.02 Å². The number of amides is 1. The molecule has 4 nitrogen and oxygen atoms in total. The van der Waals surface area contributed by atoms with E-state index in [0.29, 0.717) is 19.5 Å². The van der Waals surface area contributed by atoms with Gasteiger partial charge in [-0.15, -0.1) is 0 Å². The van der Waals surface area contributed by atoms with Crippen LogP contribution in [-0.4, -0.2) is 22.0 Å².